The maximum Gasteiger partial charge on any atom is 0.147 e. The molecule has 4 fully saturated rings. The van der Waals surface area contributed by atoms with E-state index in [9.17, 15) is 4.79 Å². The Bertz CT molecular complexity index is 1290. The van der Waals surface area contributed by atoms with Crippen LogP contribution >= 0.6 is 0 Å². The average Bonchev–Trinajstić information content (AvgIpc) is 3.72. The van der Waals surface area contributed by atoms with E-state index >= 15 is 0 Å². The van der Waals surface area contributed by atoms with Crippen LogP contribution in [0.5, 0.6) is 11.5 Å². The van der Waals surface area contributed by atoms with Gasteiger partial charge in [-0.15, -0.1) is 0 Å². The number of carbonyl (C=O) groups is 1. The third kappa shape index (κ3) is 2.43. The van der Waals surface area contributed by atoms with E-state index < -0.39 is 0 Å². The molecule has 3 nitrogen and oxygen atoms in total. The van der Waals surface area contributed by atoms with Gasteiger partial charge >= 0.3 is 0 Å². The van der Waals surface area contributed by atoms with Crippen LogP contribution in [-0.2, 0) is 15.6 Å². The predicted octanol–water partition coefficient (Wildman–Crippen LogP) is 7.84. The first-order valence-corrected chi connectivity index (χ1v) is 15.2. The highest BCUT2D eigenvalue weighted by Gasteiger charge is 2.70. The summed E-state index contributed by atoms with van der Waals surface area (Å²) in [4.78, 5) is 14.0. The van der Waals surface area contributed by atoms with Gasteiger partial charge in [0.15, 0.2) is 0 Å². The summed E-state index contributed by atoms with van der Waals surface area (Å²) in [5, 5.41) is 0. The van der Waals surface area contributed by atoms with Gasteiger partial charge in [-0.3, -0.25) is 4.79 Å². The lowest BCUT2D eigenvalue weighted by atomic mass is 9.62. The number of ether oxygens (including phenoxy) is 2. The summed E-state index contributed by atoms with van der Waals surface area (Å²) in [5.74, 6) is 4.74. The van der Waals surface area contributed by atoms with Crippen LogP contribution in [0.3, 0.4) is 0 Å². The third-order valence-corrected chi connectivity index (χ3v) is 13.7. The largest absolute Gasteiger partial charge is 0.486 e. The maximum absolute atomic E-state index is 14.0. The van der Waals surface area contributed by atoms with Gasteiger partial charge in [0.1, 0.15) is 28.5 Å². The second-order valence-corrected chi connectivity index (χ2v) is 14.6. The number of Topliss-reactive ketones (excluding diaryl/α,β-unsaturated/α-hetero) is 1. The van der Waals surface area contributed by atoms with Crippen molar-refractivity contribution in [2.45, 2.75) is 114 Å². The molecule has 2 heterocycles. The van der Waals surface area contributed by atoms with Crippen molar-refractivity contribution in [2.24, 2.45) is 23.7 Å². The van der Waals surface area contributed by atoms with Crippen molar-refractivity contribution >= 4 is 5.78 Å². The predicted molar refractivity (Wildman–Crippen MR) is 149 cm³/mol. The minimum Gasteiger partial charge on any atom is -0.486 e. The van der Waals surface area contributed by atoms with Crippen molar-refractivity contribution in [1.29, 1.82) is 0 Å². The molecule has 4 saturated carbocycles. The van der Waals surface area contributed by atoms with Gasteiger partial charge in [-0.05, 0) is 99.3 Å². The molecule has 4 aliphatic carbocycles. The molecule has 0 aromatic heterocycles. The highest BCUT2D eigenvalue weighted by Crippen LogP contribution is 2.69. The molecule has 2 aromatic rings. The second kappa shape index (κ2) is 7.07. The quantitative estimate of drug-likeness (QED) is 0.420. The number of benzene rings is 2. The molecule has 4 bridgehead atoms. The summed E-state index contributed by atoms with van der Waals surface area (Å²) in [5.41, 5.74) is 4.86. The molecule has 0 radical (unpaired) electrons. The van der Waals surface area contributed by atoms with Gasteiger partial charge in [-0.25, -0.2) is 0 Å². The van der Waals surface area contributed by atoms with E-state index in [1.807, 2.05) is 0 Å². The van der Waals surface area contributed by atoms with Crippen molar-refractivity contribution in [3.05, 3.63) is 58.7 Å². The monoisotopic (exact) mass is 510 g/mol. The first-order chi connectivity index (χ1) is 18.0. The maximum atomic E-state index is 14.0. The highest BCUT2D eigenvalue weighted by molar-refractivity contribution is 5.91. The number of hydrogen-bond acceptors (Lipinski definition) is 3. The fourth-order valence-corrected chi connectivity index (χ4v) is 10.8. The molecule has 2 aliphatic heterocycles. The summed E-state index contributed by atoms with van der Waals surface area (Å²) in [6.07, 6.45) is 7.74. The van der Waals surface area contributed by atoms with Crippen LogP contribution in [0.15, 0.2) is 36.4 Å². The van der Waals surface area contributed by atoms with Gasteiger partial charge in [0, 0.05) is 33.8 Å². The first-order valence-electron chi connectivity index (χ1n) is 15.2. The van der Waals surface area contributed by atoms with Gasteiger partial charge in [-0.2, -0.15) is 0 Å². The summed E-state index contributed by atoms with van der Waals surface area (Å²) in [6, 6.07) is 13.2. The average molecular weight is 511 g/mol. The van der Waals surface area contributed by atoms with Crippen LogP contribution < -0.4 is 9.47 Å². The zero-order valence-electron chi connectivity index (χ0n) is 23.9. The van der Waals surface area contributed by atoms with E-state index in [1.54, 1.807) is 0 Å². The van der Waals surface area contributed by atoms with Crippen molar-refractivity contribution in [1.82, 2.24) is 0 Å². The van der Waals surface area contributed by atoms with Crippen LogP contribution in [0.1, 0.15) is 114 Å². The van der Waals surface area contributed by atoms with E-state index in [0.29, 0.717) is 29.5 Å². The van der Waals surface area contributed by atoms with Gasteiger partial charge < -0.3 is 9.47 Å². The summed E-state index contributed by atoms with van der Waals surface area (Å²) in [7, 11) is 0. The topological polar surface area (TPSA) is 35.5 Å². The Morgan fingerprint density at radius 1 is 0.684 bits per heavy atom. The summed E-state index contributed by atoms with van der Waals surface area (Å²) in [6.45, 7) is 13.7. The Labute approximate surface area is 227 Å². The molecule has 0 N–H and O–H groups in total. The molecule has 0 amide bonds. The van der Waals surface area contributed by atoms with E-state index in [2.05, 4.69) is 77.9 Å². The lowest BCUT2D eigenvalue weighted by Gasteiger charge is -2.43. The minimum absolute atomic E-state index is 0.0540. The van der Waals surface area contributed by atoms with Crippen molar-refractivity contribution < 1.29 is 14.3 Å². The molecule has 8 rings (SSSR count). The molecular weight excluding hydrogens is 468 g/mol. The summed E-state index contributed by atoms with van der Waals surface area (Å²) >= 11 is 0. The SMILES string of the molecule is CC(C(=O)C(C)c1ccc2c(c1)C1(C)C3CCC(C3)C1(C)O2)c1ccc2c(c1)C1(C)C3CCC(C3)C1(C)O2. The van der Waals surface area contributed by atoms with Crippen LogP contribution in [0.2, 0.25) is 0 Å². The Balaban J connectivity index is 1.10. The molecule has 38 heavy (non-hydrogen) atoms. The van der Waals surface area contributed by atoms with Crippen molar-refractivity contribution in [3.8, 4) is 11.5 Å². The van der Waals surface area contributed by atoms with Gasteiger partial charge in [-0.1, -0.05) is 52.0 Å². The molecule has 10 atom stereocenters. The van der Waals surface area contributed by atoms with Crippen LogP contribution in [0.25, 0.3) is 0 Å². The van der Waals surface area contributed by atoms with E-state index in [4.69, 9.17) is 9.47 Å². The number of hydrogen-bond donors (Lipinski definition) is 0. The molecule has 6 aliphatic rings. The fourth-order valence-electron chi connectivity index (χ4n) is 10.8. The van der Waals surface area contributed by atoms with Gasteiger partial charge in [0.05, 0.1) is 0 Å². The standard InChI is InChI=1S/C35H42O3/c1-19(21-7-13-29-27(15-21)32(3)23-9-11-25(17-23)34(32,5)37-29)31(36)20(2)22-8-14-30-28(16-22)33(4)24-10-12-26(18-24)35(33,6)38-30/h7-8,13-16,19-20,23-26H,9-12,17-18H2,1-6H3. The molecule has 0 saturated heterocycles. The van der Waals surface area contributed by atoms with Crippen molar-refractivity contribution in [2.75, 3.05) is 0 Å². The first kappa shape index (κ1) is 23.6. The van der Waals surface area contributed by atoms with E-state index in [-0.39, 0.29) is 33.9 Å². The molecular formula is C35H42O3. The molecule has 0 spiro atoms. The Morgan fingerprint density at radius 3 is 1.50 bits per heavy atom. The number of fused-ring (bicyclic) bond motifs is 14. The molecule has 3 heteroatoms. The smallest absolute Gasteiger partial charge is 0.147 e. The Kier molecular flexibility index (Phi) is 4.39. The zero-order chi connectivity index (χ0) is 26.4. The fraction of sp³-hybridized carbons (Fsp3) is 0.629. The molecule has 10 unspecified atom stereocenters. The Morgan fingerprint density at radius 2 is 1.08 bits per heavy atom. The third-order valence-electron chi connectivity index (χ3n) is 13.7. The molecule has 2 aromatic carbocycles. The van der Waals surface area contributed by atoms with Crippen LogP contribution in [0.4, 0.5) is 0 Å². The van der Waals surface area contributed by atoms with E-state index in [0.717, 1.165) is 22.6 Å². The normalized spacial score (nSPS) is 44.2. The summed E-state index contributed by atoms with van der Waals surface area (Å²) < 4.78 is 13.4. The van der Waals surface area contributed by atoms with Crippen LogP contribution in [0, 0.1) is 23.7 Å². The highest BCUT2D eigenvalue weighted by atomic mass is 16.5. The number of carbonyl (C=O) groups excluding carboxylic acids is 1. The van der Waals surface area contributed by atoms with Gasteiger partial charge in [0.25, 0.3) is 0 Å². The zero-order valence-corrected chi connectivity index (χ0v) is 23.9. The molecule has 200 valence electrons. The van der Waals surface area contributed by atoms with E-state index in [1.165, 1.54) is 49.7 Å². The van der Waals surface area contributed by atoms with Gasteiger partial charge in [0.2, 0.25) is 0 Å². The number of ketones is 1. The van der Waals surface area contributed by atoms with Crippen molar-refractivity contribution in [3.63, 3.8) is 0 Å². The van der Waals surface area contributed by atoms with Crippen LogP contribution in [-0.4, -0.2) is 17.0 Å². The number of rotatable bonds is 4. The lowest BCUT2D eigenvalue weighted by Crippen LogP contribution is -2.51. The minimum atomic E-state index is -0.155. The lowest BCUT2D eigenvalue weighted by molar-refractivity contribution is -0.121. The Hall–Kier alpha value is -2.29. The second-order valence-electron chi connectivity index (χ2n) is 14.6.